The first-order chi connectivity index (χ1) is 9.65. The number of halogens is 1. The lowest BCUT2D eigenvalue weighted by atomic mass is 10.2. The van der Waals surface area contributed by atoms with Gasteiger partial charge in [0.05, 0.1) is 0 Å². The van der Waals surface area contributed by atoms with Crippen molar-refractivity contribution in [2.24, 2.45) is 0 Å². The molecular formula is C13H13ClN4O2. The van der Waals surface area contributed by atoms with Crippen LogP contribution in [0.1, 0.15) is 5.56 Å². The number of carbonyl (C=O) groups excluding carboxylic acids is 1. The Morgan fingerprint density at radius 1 is 1.35 bits per heavy atom. The molecule has 2 N–H and O–H groups in total. The molecule has 0 fully saturated rings. The normalized spacial score (nSPS) is 9.90. The van der Waals surface area contributed by atoms with Gasteiger partial charge in [0.1, 0.15) is 5.75 Å². The van der Waals surface area contributed by atoms with E-state index in [0.29, 0.717) is 16.7 Å². The molecule has 0 radical (unpaired) electrons. The van der Waals surface area contributed by atoms with E-state index in [1.165, 1.54) is 0 Å². The third-order valence-electron chi connectivity index (χ3n) is 2.38. The molecule has 20 heavy (non-hydrogen) atoms. The largest absolute Gasteiger partial charge is 0.483 e. The molecule has 0 saturated carbocycles. The summed E-state index contributed by atoms with van der Waals surface area (Å²) in [5, 5.41) is 0.627. The predicted molar refractivity (Wildman–Crippen MR) is 75.5 cm³/mol. The van der Waals surface area contributed by atoms with Gasteiger partial charge in [0, 0.05) is 17.4 Å². The summed E-state index contributed by atoms with van der Waals surface area (Å²) >= 11 is 5.84. The number of hydrogen-bond acceptors (Lipinski definition) is 5. The van der Waals surface area contributed by atoms with Gasteiger partial charge in [-0.05, 0) is 36.8 Å². The molecule has 0 saturated heterocycles. The van der Waals surface area contributed by atoms with Gasteiger partial charge in [0.25, 0.3) is 5.91 Å². The number of aromatic nitrogens is 2. The van der Waals surface area contributed by atoms with E-state index in [4.69, 9.17) is 16.3 Å². The highest BCUT2D eigenvalue weighted by Crippen LogP contribution is 2.21. The van der Waals surface area contributed by atoms with Crippen molar-refractivity contribution in [1.82, 2.24) is 15.4 Å². The Morgan fingerprint density at radius 2 is 2.10 bits per heavy atom. The number of nitrogens with zero attached hydrogens (tertiary/aromatic N) is 2. The number of aryl methyl sites for hydroxylation is 1. The summed E-state index contributed by atoms with van der Waals surface area (Å²) in [4.78, 5) is 19.4. The van der Waals surface area contributed by atoms with Crippen LogP contribution in [0.2, 0.25) is 5.02 Å². The topological polar surface area (TPSA) is 76.1 Å². The number of benzene rings is 1. The highest BCUT2D eigenvalue weighted by molar-refractivity contribution is 6.30. The molecule has 0 spiro atoms. The van der Waals surface area contributed by atoms with Crippen LogP contribution in [0.4, 0.5) is 5.95 Å². The first kappa shape index (κ1) is 14.1. The first-order valence-corrected chi connectivity index (χ1v) is 6.24. The van der Waals surface area contributed by atoms with Crippen molar-refractivity contribution in [3.63, 3.8) is 0 Å². The van der Waals surface area contributed by atoms with Crippen molar-refractivity contribution in [3.8, 4) is 5.75 Å². The van der Waals surface area contributed by atoms with Gasteiger partial charge in [0.2, 0.25) is 5.95 Å². The van der Waals surface area contributed by atoms with Crippen LogP contribution in [0.25, 0.3) is 0 Å². The zero-order valence-corrected chi connectivity index (χ0v) is 11.5. The van der Waals surface area contributed by atoms with E-state index < -0.39 is 0 Å². The molecular weight excluding hydrogens is 280 g/mol. The summed E-state index contributed by atoms with van der Waals surface area (Å²) in [6.07, 6.45) is 3.13. The molecule has 1 aromatic heterocycles. The standard InChI is InChI=1S/C13H13ClN4O2/c1-9-7-10(14)3-4-11(9)20-8-12(19)17-18-13-15-5-2-6-16-13/h2-7H,8H2,1H3,(H,17,19)(H,15,16,18). The number of anilines is 1. The minimum Gasteiger partial charge on any atom is -0.483 e. The number of rotatable bonds is 5. The van der Waals surface area contributed by atoms with Crippen LogP contribution < -0.4 is 15.6 Å². The second-order valence-electron chi connectivity index (χ2n) is 3.94. The van der Waals surface area contributed by atoms with Gasteiger partial charge < -0.3 is 4.74 Å². The SMILES string of the molecule is Cc1cc(Cl)ccc1OCC(=O)NNc1ncccn1. The predicted octanol–water partition coefficient (Wildman–Crippen LogP) is 1.96. The maximum atomic E-state index is 11.6. The fraction of sp³-hybridized carbons (Fsp3) is 0.154. The molecule has 2 aromatic rings. The van der Waals surface area contributed by atoms with E-state index in [-0.39, 0.29) is 12.5 Å². The Hall–Kier alpha value is -2.34. The number of carbonyl (C=O) groups is 1. The van der Waals surface area contributed by atoms with E-state index >= 15 is 0 Å². The van der Waals surface area contributed by atoms with E-state index in [9.17, 15) is 4.79 Å². The van der Waals surface area contributed by atoms with Crippen LogP contribution >= 0.6 is 11.6 Å². The van der Waals surface area contributed by atoms with Gasteiger partial charge in [0.15, 0.2) is 6.61 Å². The smallest absolute Gasteiger partial charge is 0.276 e. The summed E-state index contributed by atoms with van der Waals surface area (Å²) < 4.78 is 5.39. The Balaban J connectivity index is 1.80. The summed E-state index contributed by atoms with van der Waals surface area (Å²) in [5.74, 6) is 0.579. The van der Waals surface area contributed by atoms with Crippen LogP contribution in [0.15, 0.2) is 36.7 Å². The monoisotopic (exact) mass is 292 g/mol. The average Bonchev–Trinajstić information content (AvgIpc) is 2.45. The Morgan fingerprint density at radius 3 is 2.80 bits per heavy atom. The van der Waals surface area contributed by atoms with Gasteiger partial charge in [-0.2, -0.15) is 0 Å². The lowest BCUT2D eigenvalue weighted by molar-refractivity contribution is -0.122. The molecule has 0 aliphatic rings. The number of hydrogen-bond donors (Lipinski definition) is 2. The first-order valence-electron chi connectivity index (χ1n) is 5.86. The lowest BCUT2D eigenvalue weighted by Crippen LogP contribution is -2.34. The number of ether oxygens (including phenoxy) is 1. The Labute approximate surface area is 121 Å². The molecule has 0 aliphatic carbocycles. The summed E-state index contributed by atoms with van der Waals surface area (Å²) in [6, 6.07) is 6.88. The maximum absolute atomic E-state index is 11.6. The second kappa shape index (κ2) is 6.72. The second-order valence-corrected chi connectivity index (χ2v) is 4.38. The van der Waals surface area contributed by atoms with E-state index in [1.54, 1.807) is 36.7 Å². The Bertz CT molecular complexity index is 592. The van der Waals surface area contributed by atoms with Crippen molar-refractivity contribution in [2.75, 3.05) is 12.0 Å². The van der Waals surface area contributed by atoms with Crippen LogP contribution in [-0.4, -0.2) is 22.5 Å². The Kier molecular flexibility index (Phi) is 4.73. The third-order valence-corrected chi connectivity index (χ3v) is 2.61. The molecule has 0 bridgehead atoms. The van der Waals surface area contributed by atoms with Gasteiger partial charge >= 0.3 is 0 Å². The van der Waals surface area contributed by atoms with E-state index in [2.05, 4.69) is 20.8 Å². The molecule has 0 unspecified atom stereocenters. The fourth-order valence-electron chi connectivity index (χ4n) is 1.44. The molecule has 1 amide bonds. The third kappa shape index (κ3) is 4.10. The van der Waals surface area contributed by atoms with Gasteiger partial charge in [-0.3, -0.25) is 15.6 Å². The van der Waals surface area contributed by atoms with Crippen molar-refractivity contribution >= 4 is 23.5 Å². The summed E-state index contributed by atoms with van der Waals surface area (Å²) in [6.45, 7) is 1.73. The van der Waals surface area contributed by atoms with Gasteiger partial charge in [-0.25, -0.2) is 9.97 Å². The van der Waals surface area contributed by atoms with Crippen molar-refractivity contribution in [2.45, 2.75) is 6.92 Å². The van der Waals surface area contributed by atoms with Crippen molar-refractivity contribution in [3.05, 3.63) is 47.2 Å². The molecule has 6 nitrogen and oxygen atoms in total. The lowest BCUT2D eigenvalue weighted by Gasteiger charge is -2.10. The zero-order valence-electron chi connectivity index (χ0n) is 10.8. The maximum Gasteiger partial charge on any atom is 0.276 e. The average molecular weight is 293 g/mol. The van der Waals surface area contributed by atoms with Crippen LogP contribution in [0.3, 0.4) is 0 Å². The van der Waals surface area contributed by atoms with Crippen LogP contribution in [0.5, 0.6) is 5.75 Å². The quantitative estimate of drug-likeness (QED) is 0.824. The summed E-state index contributed by atoms with van der Waals surface area (Å²) in [5.41, 5.74) is 5.88. The highest BCUT2D eigenvalue weighted by atomic mass is 35.5. The van der Waals surface area contributed by atoms with Gasteiger partial charge in [-0.1, -0.05) is 11.6 Å². The zero-order chi connectivity index (χ0) is 14.4. The minimum atomic E-state index is -0.341. The van der Waals surface area contributed by atoms with Gasteiger partial charge in [-0.15, -0.1) is 0 Å². The van der Waals surface area contributed by atoms with E-state index in [0.717, 1.165) is 5.56 Å². The number of amides is 1. The summed E-state index contributed by atoms with van der Waals surface area (Å²) in [7, 11) is 0. The van der Waals surface area contributed by atoms with Crippen LogP contribution in [-0.2, 0) is 4.79 Å². The van der Waals surface area contributed by atoms with E-state index in [1.807, 2.05) is 6.92 Å². The molecule has 0 aliphatic heterocycles. The van der Waals surface area contributed by atoms with Crippen molar-refractivity contribution < 1.29 is 9.53 Å². The molecule has 7 heteroatoms. The molecule has 0 atom stereocenters. The molecule has 1 heterocycles. The highest BCUT2D eigenvalue weighted by Gasteiger charge is 2.05. The molecule has 1 aromatic carbocycles. The number of hydrazine groups is 1. The minimum absolute atomic E-state index is 0.123. The van der Waals surface area contributed by atoms with Crippen molar-refractivity contribution in [1.29, 1.82) is 0 Å². The fourth-order valence-corrected chi connectivity index (χ4v) is 1.67. The number of nitrogens with one attached hydrogen (secondary N) is 2. The molecule has 2 rings (SSSR count). The molecule has 104 valence electrons. The van der Waals surface area contributed by atoms with Crippen LogP contribution in [0, 0.1) is 6.92 Å².